The SMILES string of the molecule is COc1ccc(C(=O)N2CCCCCC2c2cccn2C)cc1S(=O)(=O)NC1CCCC1. The van der Waals surface area contributed by atoms with Crippen LogP contribution in [0.5, 0.6) is 5.75 Å². The second kappa shape index (κ2) is 9.67. The number of likely N-dealkylation sites (tertiary alicyclic amines) is 1. The Bertz CT molecular complexity index is 1060. The van der Waals surface area contributed by atoms with Crippen LogP contribution in [-0.2, 0) is 17.1 Å². The smallest absolute Gasteiger partial charge is 0.254 e. The highest BCUT2D eigenvalue weighted by molar-refractivity contribution is 7.89. The summed E-state index contributed by atoms with van der Waals surface area (Å²) in [6.45, 7) is 0.656. The predicted molar refractivity (Wildman–Crippen MR) is 123 cm³/mol. The first-order chi connectivity index (χ1) is 15.4. The summed E-state index contributed by atoms with van der Waals surface area (Å²) < 4.78 is 36.5. The molecule has 8 heteroatoms. The molecule has 2 aromatic rings. The number of aromatic nitrogens is 1. The van der Waals surface area contributed by atoms with Crippen LogP contribution < -0.4 is 9.46 Å². The van der Waals surface area contributed by atoms with Crippen LogP contribution in [0.1, 0.15) is 73.5 Å². The number of hydrogen-bond acceptors (Lipinski definition) is 4. The molecule has 0 radical (unpaired) electrons. The zero-order valence-corrected chi connectivity index (χ0v) is 19.7. The molecule has 32 heavy (non-hydrogen) atoms. The molecule has 1 saturated carbocycles. The zero-order chi connectivity index (χ0) is 22.7. The number of nitrogens with one attached hydrogen (secondary N) is 1. The summed E-state index contributed by atoms with van der Waals surface area (Å²) in [6, 6.07) is 8.71. The normalized spacial score (nSPS) is 20.3. The highest BCUT2D eigenvalue weighted by Crippen LogP contribution is 2.33. The second-order valence-electron chi connectivity index (χ2n) is 8.88. The van der Waals surface area contributed by atoms with Crippen LogP contribution in [0, 0.1) is 0 Å². The molecule has 1 amide bonds. The van der Waals surface area contributed by atoms with E-state index in [9.17, 15) is 13.2 Å². The molecule has 0 bridgehead atoms. The first kappa shape index (κ1) is 22.9. The molecular formula is C24H33N3O4S. The highest BCUT2D eigenvalue weighted by atomic mass is 32.2. The molecule has 1 aromatic carbocycles. The van der Waals surface area contributed by atoms with Gasteiger partial charge < -0.3 is 14.2 Å². The molecule has 174 valence electrons. The molecule has 2 aliphatic rings. The summed E-state index contributed by atoms with van der Waals surface area (Å²) in [6.07, 6.45) is 9.71. The lowest BCUT2D eigenvalue weighted by Gasteiger charge is -2.31. The summed E-state index contributed by atoms with van der Waals surface area (Å²) in [5.41, 5.74) is 1.48. The van der Waals surface area contributed by atoms with Gasteiger partial charge in [0.1, 0.15) is 10.6 Å². The Balaban J connectivity index is 1.66. The number of carbonyl (C=O) groups is 1. The molecular weight excluding hydrogens is 426 g/mol. The number of aryl methyl sites for hydroxylation is 1. The Labute approximate surface area is 190 Å². The van der Waals surface area contributed by atoms with Crippen LogP contribution in [0.2, 0.25) is 0 Å². The summed E-state index contributed by atoms with van der Waals surface area (Å²) in [5.74, 6) is 0.111. The van der Waals surface area contributed by atoms with Crippen LogP contribution in [0.25, 0.3) is 0 Å². The fourth-order valence-corrected chi connectivity index (χ4v) is 6.49. The van der Waals surface area contributed by atoms with Gasteiger partial charge in [-0.1, -0.05) is 25.7 Å². The number of rotatable bonds is 6. The minimum absolute atomic E-state index is 0.0243. The van der Waals surface area contributed by atoms with Crippen LogP contribution in [0.4, 0.5) is 0 Å². The number of sulfonamides is 1. The second-order valence-corrected chi connectivity index (χ2v) is 10.6. The lowest BCUT2D eigenvalue weighted by atomic mass is 10.1. The molecule has 1 atom stereocenters. The largest absolute Gasteiger partial charge is 0.495 e. The van der Waals surface area contributed by atoms with Crippen molar-refractivity contribution in [2.24, 2.45) is 7.05 Å². The van der Waals surface area contributed by atoms with Gasteiger partial charge in [-0.05, 0) is 56.0 Å². The maximum Gasteiger partial charge on any atom is 0.254 e. The van der Waals surface area contributed by atoms with Gasteiger partial charge in [-0.2, -0.15) is 0 Å². The number of ether oxygens (including phenoxy) is 1. The third-order valence-electron chi connectivity index (χ3n) is 6.72. The summed E-state index contributed by atoms with van der Waals surface area (Å²) >= 11 is 0. The van der Waals surface area contributed by atoms with Crippen molar-refractivity contribution in [3.05, 3.63) is 47.8 Å². The van der Waals surface area contributed by atoms with Gasteiger partial charge in [0, 0.05) is 37.1 Å². The van der Waals surface area contributed by atoms with Gasteiger partial charge in [0.2, 0.25) is 10.0 Å². The number of benzene rings is 1. The fraction of sp³-hybridized carbons (Fsp3) is 0.542. The molecule has 1 saturated heterocycles. The van der Waals surface area contributed by atoms with Crippen molar-refractivity contribution in [1.82, 2.24) is 14.2 Å². The van der Waals surface area contributed by atoms with E-state index in [1.165, 1.54) is 13.2 Å². The predicted octanol–water partition coefficient (Wildman–Crippen LogP) is 4.01. The van der Waals surface area contributed by atoms with Crippen molar-refractivity contribution < 1.29 is 17.9 Å². The van der Waals surface area contributed by atoms with Crippen LogP contribution in [-0.4, -0.2) is 43.5 Å². The monoisotopic (exact) mass is 459 g/mol. The molecule has 7 nitrogen and oxygen atoms in total. The minimum Gasteiger partial charge on any atom is -0.495 e. The Morgan fingerprint density at radius 1 is 1.06 bits per heavy atom. The number of carbonyl (C=O) groups excluding carboxylic acids is 1. The molecule has 1 aromatic heterocycles. The van der Waals surface area contributed by atoms with Gasteiger partial charge in [-0.15, -0.1) is 0 Å². The molecule has 0 spiro atoms. The van der Waals surface area contributed by atoms with Crippen molar-refractivity contribution >= 4 is 15.9 Å². The fourth-order valence-electron chi connectivity index (χ4n) is 4.99. The van der Waals surface area contributed by atoms with E-state index in [1.807, 2.05) is 24.2 Å². The van der Waals surface area contributed by atoms with Gasteiger partial charge in [0.15, 0.2) is 0 Å². The van der Waals surface area contributed by atoms with Gasteiger partial charge in [-0.3, -0.25) is 4.79 Å². The number of hydrogen-bond donors (Lipinski definition) is 1. The Morgan fingerprint density at radius 3 is 2.50 bits per heavy atom. The average molecular weight is 460 g/mol. The van der Waals surface area contributed by atoms with Gasteiger partial charge >= 0.3 is 0 Å². The summed E-state index contributed by atoms with van der Waals surface area (Å²) in [5, 5.41) is 0. The van der Waals surface area contributed by atoms with Crippen molar-refractivity contribution in [2.75, 3.05) is 13.7 Å². The minimum atomic E-state index is -3.79. The third-order valence-corrected chi connectivity index (χ3v) is 8.26. The van der Waals surface area contributed by atoms with E-state index < -0.39 is 10.0 Å². The van der Waals surface area contributed by atoms with Crippen molar-refractivity contribution in [3.8, 4) is 5.75 Å². The number of amides is 1. The molecule has 1 aliphatic heterocycles. The van der Waals surface area contributed by atoms with Gasteiger partial charge in [0.05, 0.1) is 13.2 Å². The van der Waals surface area contributed by atoms with Crippen molar-refractivity contribution in [2.45, 2.75) is 68.3 Å². The van der Waals surface area contributed by atoms with E-state index in [0.29, 0.717) is 12.1 Å². The lowest BCUT2D eigenvalue weighted by molar-refractivity contribution is 0.0674. The average Bonchev–Trinajstić information content (AvgIpc) is 3.38. The molecule has 1 N–H and O–H groups in total. The third kappa shape index (κ3) is 4.71. The van der Waals surface area contributed by atoms with Crippen LogP contribution in [0.3, 0.4) is 0 Å². The maximum absolute atomic E-state index is 13.7. The standard InChI is InChI=1S/C24H33N3O4S/c1-26-15-8-12-20(26)21-11-4-3-7-16-27(21)24(28)18-13-14-22(31-2)23(17-18)32(29,30)25-19-9-5-6-10-19/h8,12-15,17,19,21,25H,3-7,9-11,16H2,1-2H3. The van der Waals surface area contributed by atoms with E-state index in [4.69, 9.17) is 4.74 Å². The van der Waals surface area contributed by atoms with E-state index in [0.717, 1.165) is 57.1 Å². The van der Waals surface area contributed by atoms with E-state index in [-0.39, 0.29) is 28.6 Å². The molecule has 1 aliphatic carbocycles. The Kier molecular flexibility index (Phi) is 6.90. The molecule has 1 unspecified atom stereocenters. The van der Waals surface area contributed by atoms with E-state index >= 15 is 0 Å². The molecule has 2 fully saturated rings. The maximum atomic E-state index is 13.7. The van der Waals surface area contributed by atoms with Gasteiger partial charge in [-0.25, -0.2) is 13.1 Å². The molecule has 2 heterocycles. The van der Waals surface area contributed by atoms with Crippen molar-refractivity contribution in [1.29, 1.82) is 0 Å². The number of methoxy groups -OCH3 is 1. The summed E-state index contributed by atoms with van der Waals surface area (Å²) in [7, 11) is -0.348. The Hall–Kier alpha value is -2.32. The number of nitrogens with zero attached hydrogens (tertiary/aromatic N) is 2. The quantitative estimate of drug-likeness (QED) is 0.708. The first-order valence-corrected chi connectivity index (χ1v) is 13.0. The topological polar surface area (TPSA) is 80.6 Å². The molecule has 4 rings (SSSR count). The first-order valence-electron chi connectivity index (χ1n) is 11.5. The summed E-state index contributed by atoms with van der Waals surface area (Å²) in [4.78, 5) is 15.6. The highest BCUT2D eigenvalue weighted by Gasteiger charge is 2.31. The van der Waals surface area contributed by atoms with Gasteiger partial charge in [0.25, 0.3) is 5.91 Å². The Morgan fingerprint density at radius 2 is 1.81 bits per heavy atom. The zero-order valence-electron chi connectivity index (χ0n) is 18.9. The van der Waals surface area contributed by atoms with Crippen LogP contribution in [0.15, 0.2) is 41.4 Å². The van der Waals surface area contributed by atoms with E-state index in [1.54, 1.807) is 12.1 Å². The van der Waals surface area contributed by atoms with Crippen molar-refractivity contribution in [3.63, 3.8) is 0 Å². The van der Waals surface area contributed by atoms with Crippen LogP contribution >= 0.6 is 0 Å². The van der Waals surface area contributed by atoms with E-state index in [2.05, 4.69) is 15.4 Å². The lowest BCUT2D eigenvalue weighted by Crippen LogP contribution is -2.36.